The van der Waals surface area contributed by atoms with Gasteiger partial charge in [-0.3, -0.25) is 0 Å². The maximum atomic E-state index is 12.7. The number of carbonyl (C=O) groups excluding carboxylic acids is 2. The largest absolute Gasteiger partial charge is 0.619 e. The van der Waals surface area contributed by atoms with E-state index in [1.54, 1.807) is 26.8 Å². The Morgan fingerprint density at radius 2 is 1.93 bits per heavy atom. The van der Waals surface area contributed by atoms with Gasteiger partial charge in [0, 0.05) is 17.3 Å². The van der Waals surface area contributed by atoms with Crippen LogP contribution in [0.15, 0.2) is 52.2 Å². The molecule has 9 nitrogen and oxygen atoms in total. The van der Waals surface area contributed by atoms with Gasteiger partial charge in [0.25, 0.3) is 0 Å². The molecule has 0 aliphatic carbocycles. The monoisotopic (exact) mass is 375 g/mol. The van der Waals surface area contributed by atoms with Crippen LogP contribution in [0, 0.1) is 5.21 Å². The standard InChI is InChI=1S/C18H21N3O6/c1-4-26-17(22)14-11(3)20-13(9-19-24)16(18(23)27-5-2)15(14)12-7-6-8-21(25)10-12/h6-10,15,20,24H,4-5H2,1-3H3/b19-9-. The molecule has 0 radical (unpaired) electrons. The second-order valence-corrected chi connectivity index (χ2v) is 5.61. The normalized spacial score (nSPS) is 17.1. The van der Waals surface area contributed by atoms with Gasteiger partial charge >= 0.3 is 11.9 Å². The van der Waals surface area contributed by atoms with Crippen LogP contribution in [0.3, 0.4) is 0 Å². The molecular weight excluding hydrogens is 354 g/mol. The zero-order valence-corrected chi connectivity index (χ0v) is 15.3. The molecule has 144 valence electrons. The van der Waals surface area contributed by atoms with Crippen molar-refractivity contribution in [3.05, 3.63) is 57.8 Å². The molecule has 2 rings (SSSR count). The van der Waals surface area contributed by atoms with Crippen molar-refractivity contribution in [2.45, 2.75) is 26.7 Å². The maximum Gasteiger partial charge on any atom is 0.337 e. The predicted octanol–water partition coefficient (Wildman–Crippen LogP) is 1.12. The van der Waals surface area contributed by atoms with Crippen molar-refractivity contribution in [3.63, 3.8) is 0 Å². The van der Waals surface area contributed by atoms with Crippen LogP contribution >= 0.6 is 0 Å². The number of hydrogen-bond acceptors (Lipinski definition) is 8. The molecule has 1 atom stereocenters. The Bertz CT molecular complexity index is 828. The summed E-state index contributed by atoms with van der Waals surface area (Å²) in [6.45, 7) is 5.18. The Morgan fingerprint density at radius 1 is 1.30 bits per heavy atom. The highest BCUT2D eigenvalue weighted by atomic mass is 16.5. The smallest absolute Gasteiger partial charge is 0.337 e. The number of nitrogens with one attached hydrogen (secondary N) is 1. The van der Waals surface area contributed by atoms with Crippen LogP contribution < -0.4 is 10.0 Å². The summed E-state index contributed by atoms with van der Waals surface area (Å²) in [4.78, 5) is 25.3. The van der Waals surface area contributed by atoms with E-state index >= 15 is 0 Å². The molecule has 0 saturated carbocycles. The van der Waals surface area contributed by atoms with Gasteiger partial charge in [0.05, 0.1) is 42.2 Å². The number of rotatable bonds is 6. The number of nitrogens with zero attached hydrogens (tertiary/aromatic N) is 2. The van der Waals surface area contributed by atoms with Crippen molar-refractivity contribution in [2.75, 3.05) is 13.2 Å². The van der Waals surface area contributed by atoms with Gasteiger partial charge in [0.2, 0.25) is 0 Å². The van der Waals surface area contributed by atoms with E-state index in [0.29, 0.717) is 16.0 Å². The Hall–Kier alpha value is -3.36. The fraction of sp³-hybridized carbons (Fsp3) is 0.333. The van der Waals surface area contributed by atoms with E-state index in [4.69, 9.17) is 14.7 Å². The molecule has 0 aromatic carbocycles. The van der Waals surface area contributed by atoms with Gasteiger partial charge in [-0.05, 0) is 26.8 Å². The van der Waals surface area contributed by atoms with Crippen molar-refractivity contribution in [2.24, 2.45) is 5.16 Å². The highest BCUT2D eigenvalue weighted by Crippen LogP contribution is 2.38. The minimum absolute atomic E-state index is 0.0366. The summed E-state index contributed by atoms with van der Waals surface area (Å²) in [5.41, 5.74) is 1.16. The van der Waals surface area contributed by atoms with Gasteiger partial charge in [-0.2, -0.15) is 4.73 Å². The number of dihydropyridines is 1. The van der Waals surface area contributed by atoms with E-state index in [0.717, 1.165) is 6.21 Å². The molecule has 0 spiro atoms. The predicted molar refractivity (Wildman–Crippen MR) is 94.5 cm³/mol. The molecule has 0 bridgehead atoms. The summed E-state index contributed by atoms with van der Waals surface area (Å²) in [5, 5.41) is 26.6. The summed E-state index contributed by atoms with van der Waals surface area (Å²) in [6.07, 6.45) is 3.59. The molecule has 1 aliphatic rings. The van der Waals surface area contributed by atoms with Gasteiger partial charge in [-0.1, -0.05) is 5.16 Å². The SMILES string of the molecule is CCOC(=O)C1=C(C)NC(/C=N\O)=C(C(=O)OCC)C1c1ccc[n+]([O-])c1. The minimum Gasteiger partial charge on any atom is -0.619 e. The quantitative estimate of drug-likeness (QED) is 0.191. The molecule has 1 unspecified atom stereocenters. The molecule has 1 aromatic rings. The number of pyridine rings is 1. The first-order chi connectivity index (χ1) is 12.9. The van der Waals surface area contributed by atoms with Crippen molar-refractivity contribution >= 4 is 18.2 Å². The van der Waals surface area contributed by atoms with E-state index in [1.165, 1.54) is 18.5 Å². The summed E-state index contributed by atoms with van der Waals surface area (Å²) >= 11 is 0. The number of oxime groups is 1. The third-order valence-corrected chi connectivity index (χ3v) is 3.90. The van der Waals surface area contributed by atoms with Crippen LogP contribution in [-0.4, -0.2) is 36.6 Å². The lowest BCUT2D eigenvalue weighted by molar-refractivity contribution is -0.605. The van der Waals surface area contributed by atoms with Crippen molar-refractivity contribution in [1.29, 1.82) is 0 Å². The lowest BCUT2D eigenvalue weighted by atomic mass is 9.81. The third-order valence-electron chi connectivity index (χ3n) is 3.90. The van der Waals surface area contributed by atoms with Crippen LogP contribution in [0.5, 0.6) is 0 Å². The van der Waals surface area contributed by atoms with Gasteiger partial charge in [-0.25, -0.2) is 9.59 Å². The Balaban J connectivity index is 2.73. The van der Waals surface area contributed by atoms with Gasteiger partial charge < -0.3 is 25.2 Å². The molecule has 2 heterocycles. The van der Waals surface area contributed by atoms with Crippen molar-refractivity contribution in [1.82, 2.24) is 5.32 Å². The van der Waals surface area contributed by atoms with E-state index in [-0.39, 0.29) is 30.1 Å². The molecule has 0 saturated heterocycles. The number of aromatic nitrogens is 1. The lowest BCUT2D eigenvalue weighted by Crippen LogP contribution is -2.35. The van der Waals surface area contributed by atoms with Gasteiger partial charge in [0.15, 0.2) is 12.4 Å². The second-order valence-electron chi connectivity index (χ2n) is 5.61. The number of allylic oxidation sites excluding steroid dienone is 2. The van der Waals surface area contributed by atoms with E-state index in [2.05, 4.69) is 10.5 Å². The maximum absolute atomic E-state index is 12.7. The molecule has 0 fully saturated rings. The molecular formula is C18H21N3O6. The van der Waals surface area contributed by atoms with Crippen molar-refractivity contribution < 1.29 is 29.0 Å². The summed E-state index contributed by atoms with van der Waals surface area (Å²) in [6, 6.07) is 3.12. The average Bonchev–Trinajstić information content (AvgIpc) is 2.61. The van der Waals surface area contributed by atoms with Crippen LogP contribution in [0.4, 0.5) is 0 Å². The first-order valence-electron chi connectivity index (χ1n) is 8.36. The van der Waals surface area contributed by atoms with Gasteiger partial charge in [0.1, 0.15) is 0 Å². The number of esters is 2. The lowest BCUT2D eigenvalue weighted by Gasteiger charge is -2.29. The molecule has 0 amide bonds. The zero-order chi connectivity index (χ0) is 20.0. The minimum atomic E-state index is -0.932. The first-order valence-corrected chi connectivity index (χ1v) is 8.36. The fourth-order valence-corrected chi connectivity index (χ4v) is 2.91. The zero-order valence-electron chi connectivity index (χ0n) is 15.3. The summed E-state index contributed by atoms with van der Waals surface area (Å²) in [5.74, 6) is -2.27. The molecule has 1 aromatic heterocycles. The van der Waals surface area contributed by atoms with Gasteiger partial charge in [-0.15, -0.1) is 0 Å². The van der Waals surface area contributed by atoms with Crippen LogP contribution in [-0.2, 0) is 19.1 Å². The molecule has 1 aliphatic heterocycles. The second kappa shape index (κ2) is 8.84. The number of ether oxygens (including phenoxy) is 2. The Kier molecular flexibility index (Phi) is 6.53. The molecule has 27 heavy (non-hydrogen) atoms. The first kappa shape index (κ1) is 20.0. The van der Waals surface area contributed by atoms with E-state index < -0.39 is 17.9 Å². The van der Waals surface area contributed by atoms with E-state index in [1.807, 2.05) is 0 Å². The number of hydrogen-bond donors (Lipinski definition) is 2. The average molecular weight is 375 g/mol. The molecule has 2 N–H and O–H groups in total. The number of carbonyl (C=O) groups is 2. The Morgan fingerprint density at radius 3 is 2.48 bits per heavy atom. The highest BCUT2D eigenvalue weighted by Gasteiger charge is 2.39. The highest BCUT2D eigenvalue weighted by molar-refractivity contribution is 6.03. The van der Waals surface area contributed by atoms with Crippen LogP contribution in [0.25, 0.3) is 0 Å². The van der Waals surface area contributed by atoms with Crippen LogP contribution in [0.1, 0.15) is 32.3 Å². The summed E-state index contributed by atoms with van der Waals surface area (Å²) < 4.78 is 10.8. The van der Waals surface area contributed by atoms with Crippen molar-refractivity contribution in [3.8, 4) is 0 Å². The molecule has 9 heteroatoms. The third kappa shape index (κ3) is 4.25. The topological polar surface area (TPSA) is 124 Å². The van der Waals surface area contributed by atoms with Crippen LogP contribution in [0.2, 0.25) is 0 Å². The fourth-order valence-electron chi connectivity index (χ4n) is 2.91. The Labute approximate surface area is 156 Å². The summed E-state index contributed by atoms with van der Waals surface area (Å²) in [7, 11) is 0. The van der Waals surface area contributed by atoms with E-state index in [9.17, 15) is 14.8 Å².